The summed E-state index contributed by atoms with van der Waals surface area (Å²) in [6, 6.07) is 16.4. The number of fused-ring (bicyclic) bond motifs is 1. The van der Waals surface area contributed by atoms with Crippen LogP contribution in [-0.4, -0.2) is 27.3 Å². The van der Waals surface area contributed by atoms with Crippen molar-refractivity contribution in [1.29, 1.82) is 0 Å². The molecule has 1 heterocycles. The van der Waals surface area contributed by atoms with E-state index in [1.54, 1.807) is 60.7 Å². The molecule has 1 aromatic heterocycles. The van der Waals surface area contributed by atoms with E-state index < -0.39 is 11.4 Å². The van der Waals surface area contributed by atoms with Gasteiger partial charge in [-0.2, -0.15) is 0 Å². The summed E-state index contributed by atoms with van der Waals surface area (Å²) in [6.07, 6.45) is 0. The maximum Gasteiger partial charge on any atom is 0.343 e. The monoisotopic (exact) mass is 510 g/mol. The minimum atomic E-state index is -0.707. The van der Waals surface area contributed by atoms with Crippen molar-refractivity contribution in [3.8, 4) is 34.3 Å². The second-order valence-corrected chi connectivity index (χ2v) is 7.75. The predicted octanol–water partition coefficient (Wildman–Crippen LogP) is 5.47. The third-order valence-electron chi connectivity index (χ3n) is 4.97. The maximum absolute atomic E-state index is 13.3. The van der Waals surface area contributed by atoms with Crippen molar-refractivity contribution >= 4 is 32.9 Å². The van der Waals surface area contributed by atoms with E-state index in [0.717, 1.165) is 0 Å². The van der Waals surface area contributed by atoms with E-state index in [9.17, 15) is 9.59 Å². The minimum Gasteiger partial charge on any atom is -0.497 e. The Morgan fingerprint density at radius 2 is 1.61 bits per heavy atom. The van der Waals surface area contributed by atoms with Crippen LogP contribution in [0.25, 0.3) is 22.3 Å². The number of halogens is 1. The molecule has 0 amide bonds. The highest BCUT2D eigenvalue weighted by Crippen LogP contribution is 2.41. The Kier molecular flexibility index (Phi) is 6.37. The van der Waals surface area contributed by atoms with E-state index in [0.29, 0.717) is 38.3 Å². The normalized spacial score (nSPS) is 10.7. The molecular weight excluding hydrogens is 492 g/mol. The lowest BCUT2D eigenvalue weighted by Gasteiger charge is -2.14. The fraction of sp³-hybridized carbons (Fsp3) is 0.120. The number of carbonyl (C=O) groups is 1. The molecule has 0 radical (unpaired) electrons. The van der Waals surface area contributed by atoms with Gasteiger partial charge in [-0.3, -0.25) is 4.79 Å². The number of methoxy groups -OCH3 is 3. The quantitative estimate of drug-likeness (QED) is 0.318. The molecular formula is C25H19BrO7. The van der Waals surface area contributed by atoms with Crippen LogP contribution in [0.3, 0.4) is 0 Å². The van der Waals surface area contributed by atoms with Gasteiger partial charge in [-0.15, -0.1) is 0 Å². The largest absolute Gasteiger partial charge is 0.497 e. The first kappa shape index (κ1) is 22.4. The molecule has 0 aliphatic carbocycles. The van der Waals surface area contributed by atoms with Gasteiger partial charge in [0.2, 0.25) is 11.2 Å². The van der Waals surface area contributed by atoms with Crippen molar-refractivity contribution in [1.82, 2.24) is 0 Å². The third kappa shape index (κ3) is 4.29. The van der Waals surface area contributed by atoms with E-state index in [4.69, 9.17) is 23.4 Å². The molecule has 0 unspecified atom stereocenters. The molecule has 0 aliphatic heterocycles. The van der Waals surface area contributed by atoms with Crippen LogP contribution in [-0.2, 0) is 0 Å². The van der Waals surface area contributed by atoms with Crippen molar-refractivity contribution in [2.45, 2.75) is 0 Å². The molecule has 7 nitrogen and oxygen atoms in total. The lowest BCUT2D eigenvalue weighted by atomic mass is 10.1. The Morgan fingerprint density at radius 3 is 2.27 bits per heavy atom. The van der Waals surface area contributed by atoms with Crippen molar-refractivity contribution in [2.24, 2.45) is 0 Å². The van der Waals surface area contributed by atoms with E-state index in [2.05, 4.69) is 15.9 Å². The maximum atomic E-state index is 13.3. The summed E-state index contributed by atoms with van der Waals surface area (Å²) >= 11 is 3.45. The van der Waals surface area contributed by atoms with E-state index in [1.807, 2.05) is 0 Å². The molecule has 33 heavy (non-hydrogen) atoms. The molecule has 8 heteroatoms. The van der Waals surface area contributed by atoms with Gasteiger partial charge in [0.15, 0.2) is 17.3 Å². The molecule has 0 aliphatic rings. The molecule has 168 valence electrons. The Bertz CT molecular complexity index is 1390. The summed E-state index contributed by atoms with van der Waals surface area (Å²) in [5.74, 6) is 0.621. The van der Waals surface area contributed by atoms with Gasteiger partial charge in [-0.05, 0) is 64.5 Å². The summed E-state index contributed by atoms with van der Waals surface area (Å²) < 4.78 is 28.1. The number of ether oxygens (including phenoxy) is 4. The van der Waals surface area contributed by atoms with Crippen LogP contribution in [0.5, 0.6) is 23.0 Å². The van der Waals surface area contributed by atoms with Gasteiger partial charge < -0.3 is 23.4 Å². The minimum absolute atomic E-state index is 0.0854. The Labute approximate surface area is 197 Å². The van der Waals surface area contributed by atoms with Gasteiger partial charge in [0.1, 0.15) is 11.3 Å². The predicted molar refractivity (Wildman–Crippen MR) is 127 cm³/mol. The molecule has 0 saturated carbocycles. The number of rotatable bonds is 6. The molecule has 0 saturated heterocycles. The molecule has 0 atom stereocenters. The second-order valence-electron chi connectivity index (χ2n) is 6.90. The van der Waals surface area contributed by atoms with E-state index in [-0.39, 0.29) is 17.1 Å². The number of para-hydroxylation sites is 1. The van der Waals surface area contributed by atoms with Gasteiger partial charge in [-0.25, -0.2) is 4.79 Å². The van der Waals surface area contributed by atoms with Crippen LogP contribution in [0.1, 0.15) is 10.4 Å². The van der Waals surface area contributed by atoms with Crippen LogP contribution >= 0.6 is 15.9 Å². The zero-order chi connectivity index (χ0) is 23.5. The van der Waals surface area contributed by atoms with Crippen molar-refractivity contribution in [3.63, 3.8) is 0 Å². The number of hydrogen-bond donors (Lipinski definition) is 0. The van der Waals surface area contributed by atoms with Crippen LogP contribution in [0.15, 0.2) is 74.3 Å². The van der Waals surface area contributed by atoms with Gasteiger partial charge in [0, 0.05) is 5.56 Å². The first-order valence-electron chi connectivity index (χ1n) is 9.80. The highest BCUT2D eigenvalue weighted by atomic mass is 79.9. The fourth-order valence-electron chi connectivity index (χ4n) is 3.34. The molecule has 3 aromatic carbocycles. The van der Waals surface area contributed by atoms with Gasteiger partial charge >= 0.3 is 5.97 Å². The van der Waals surface area contributed by atoms with Crippen molar-refractivity contribution < 1.29 is 28.2 Å². The van der Waals surface area contributed by atoms with Crippen LogP contribution in [0.2, 0.25) is 0 Å². The summed E-state index contributed by atoms with van der Waals surface area (Å²) in [5.41, 5.74) is 0.593. The standard InChI is InChI=1S/C25H19BrO7/c1-29-16-10-8-14(9-11-16)25(28)33-24-21(27)17-6-4-5-7-19(17)32-22(24)15-12-18(26)23(31-3)20(13-15)30-2/h4-13H,1-3H3. The van der Waals surface area contributed by atoms with Crippen LogP contribution in [0.4, 0.5) is 0 Å². The van der Waals surface area contributed by atoms with E-state index >= 15 is 0 Å². The first-order chi connectivity index (χ1) is 16.0. The summed E-state index contributed by atoms with van der Waals surface area (Å²) in [7, 11) is 4.54. The smallest absolute Gasteiger partial charge is 0.343 e. The summed E-state index contributed by atoms with van der Waals surface area (Å²) in [6.45, 7) is 0. The van der Waals surface area contributed by atoms with E-state index in [1.165, 1.54) is 21.3 Å². The average Bonchev–Trinajstić information content (AvgIpc) is 2.85. The average molecular weight is 511 g/mol. The lowest BCUT2D eigenvalue weighted by Crippen LogP contribution is -2.16. The molecule has 0 N–H and O–H groups in total. The topological polar surface area (TPSA) is 84.2 Å². The Hall–Kier alpha value is -3.78. The van der Waals surface area contributed by atoms with Crippen molar-refractivity contribution in [3.05, 3.63) is 80.9 Å². The Morgan fingerprint density at radius 1 is 0.879 bits per heavy atom. The van der Waals surface area contributed by atoms with Crippen LogP contribution < -0.4 is 24.4 Å². The summed E-state index contributed by atoms with van der Waals surface area (Å²) in [4.78, 5) is 26.2. The number of esters is 1. The Balaban J connectivity index is 1.89. The SMILES string of the molecule is COc1ccc(C(=O)Oc2c(-c3cc(Br)c(OC)c(OC)c3)oc3ccccc3c2=O)cc1. The molecule has 0 spiro atoms. The van der Waals surface area contributed by atoms with Crippen LogP contribution in [0, 0.1) is 0 Å². The number of hydrogen-bond acceptors (Lipinski definition) is 7. The number of carbonyl (C=O) groups excluding carboxylic acids is 1. The molecule has 4 aromatic rings. The number of benzene rings is 3. The zero-order valence-electron chi connectivity index (χ0n) is 18.0. The van der Waals surface area contributed by atoms with Gasteiger partial charge in [-0.1, -0.05) is 12.1 Å². The zero-order valence-corrected chi connectivity index (χ0v) is 19.6. The van der Waals surface area contributed by atoms with Gasteiger partial charge in [0.05, 0.1) is 36.8 Å². The highest BCUT2D eigenvalue weighted by molar-refractivity contribution is 9.10. The molecule has 4 rings (SSSR count). The lowest BCUT2D eigenvalue weighted by molar-refractivity contribution is 0.0731. The van der Waals surface area contributed by atoms with Gasteiger partial charge in [0.25, 0.3) is 0 Å². The summed E-state index contributed by atoms with van der Waals surface area (Å²) in [5, 5.41) is 0.290. The molecule has 0 bridgehead atoms. The third-order valence-corrected chi connectivity index (χ3v) is 5.56. The first-order valence-corrected chi connectivity index (χ1v) is 10.6. The fourth-order valence-corrected chi connectivity index (χ4v) is 3.94. The highest BCUT2D eigenvalue weighted by Gasteiger charge is 2.23. The second kappa shape index (κ2) is 9.38. The molecule has 0 fully saturated rings. The van der Waals surface area contributed by atoms with Crippen molar-refractivity contribution in [2.75, 3.05) is 21.3 Å².